The van der Waals surface area contributed by atoms with Gasteiger partial charge in [-0.2, -0.15) is 5.10 Å². The lowest BCUT2D eigenvalue weighted by atomic mass is 10.4. The van der Waals surface area contributed by atoms with Crippen molar-refractivity contribution >= 4 is 11.7 Å². The molecule has 3 N–H and O–H groups in total. The maximum absolute atomic E-state index is 11.3. The summed E-state index contributed by atoms with van der Waals surface area (Å²) in [7, 11) is 0. The van der Waals surface area contributed by atoms with Gasteiger partial charge in [0.05, 0.1) is 24.6 Å². The average Bonchev–Trinajstić information content (AvgIpc) is 2.58. The molecule has 0 aliphatic rings. The molecule has 1 aromatic heterocycles. The van der Waals surface area contributed by atoms with Gasteiger partial charge >= 0.3 is 5.97 Å². The second-order valence-corrected chi connectivity index (χ2v) is 3.26. The van der Waals surface area contributed by atoms with E-state index in [2.05, 4.69) is 10.2 Å². The molecule has 0 aliphatic carbocycles. The highest BCUT2D eigenvalue weighted by atomic mass is 16.6. The number of carbonyl (C=O) groups excluding carboxylic acids is 1. The Labute approximate surface area is 87.7 Å². The minimum absolute atomic E-state index is 0.126. The zero-order valence-electron chi connectivity index (χ0n) is 8.82. The van der Waals surface area contributed by atoms with Gasteiger partial charge in [-0.15, -0.1) is 0 Å². The van der Waals surface area contributed by atoms with Crippen LogP contribution in [0.25, 0.3) is 0 Å². The van der Waals surface area contributed by atoms with Crippen molar-refractivity contribution in [2.45, 2.75) is 20.0 Å². The van der Waals surface area contributed by atoms with Crippen molar-refractivity contribution in [1.29, 1.82) is 0 Å². The molecule has 84 valence electrons. The van der Waals surface area contributed by atoms with Crippen LogP contribution in [0.2, 0.25) is 0 Å². The number of nitrogens with zero attached hydrogens (tertiary/aromatic N) is 1. The van der Waals surface area contributed by atoms with Crippen molar-refractivity contribution in [3.8, 4) is 0 Å². The number of aromatic nitrogens is 2. The maximum atomic E-state index is 11.3. The number of nitrogen functional groups attached to an aromatic ring is 1. The largest absolute Gasteiger partial charge is 0.458 e. The molecule has 6 heteroatoms. The molecule has 0 unspecified atom stereocenters. The SMILES string of the molecule is CC(C)OCCOC(=O)c1[nH]ncc1N. The number of anilines is 1. The molecule has 6 nitrogen and oxygen atoms in total. The third-order valence-corrected chi connectivity index (χ3v) is 1.64. The Kier molecular flexibility index (Phi) is 4.11. The molecule has 0 bridgehead atoms. The summed E-state index contributed by atoms with van der Waals surface area (Å²) in [6, 6.07) is 0. The Morgan fingerprint density at radius 3 is 2.87 bits per heavy atom. The van der Waals surface area contributed by atoms with Crippen LogP contribution in [0, 0.1) is 0 Å². The molecular weight excluding hydrogens is 198 g/mol. The number of hydrogen-bond acceptors (Lipinski definition) is 5. The summed E-state index contributed by atoms with van der Waals surface area (Å²) < 4.78 is 10.1. The van der Waals surface area contributed by atoms with Crippen molar-refractivity contribution in [2.24, 2.45) is 0 Å². The molecule has 1 aromatic rings. The molecule has 0 radical (unpaired) electrons. The third-order valence-electron chi connectivity index (χ3n) is 1.64. The summed E-state index contributed by atoms with van der Waals surface area (Å²) in [6.07, 6.45) is 1.49. The van der Waals surface area contributed by atoms with Crippen molar-refractivity contribution < 1.29 is 14.3 Å². The zero-order chi connectivity index (χ0) is 11.3. The minimum atomic E-state index is -0.516. The Morgan fingerprint density at radius 1 is 1.60 bits per heavy atom. The first-order valence-corrected chi connectivity index (χ1v) is 4.69. The van der Waals surface area contributed by atoms with E-state index in [1.54, 1.807) is 0 Å². The zero-order valence-corrected chi connectivity index (χ0v) is 8.82. The molecule has 0 aliphatic heterocycles. The summed E-state index contributed by atoms with van der Waals surface area (Å²) in [5.41, 5.74) is 5.93. The van der Waals surface area contributed by atoms with Gasteiger partial charge < -0.3 is 15.2 Å². The van der Waals surface area contributed by atoms with Gasteiger partial charge in [-0.05, 0) is 13.8 Å². The molecule has 0 saturated heterocycles. The molecule has 0 aromatic carbocycles. The average molecular weight is 213 g/mol. The first-order chi connectivity index (χ1) is 7.11. The number of H-pyrrole nitrogens is 1. The standard InChI is InChI=1S/C9H15N3O3/c1-6(2)14-3-4-15-9(13)8-7(10)5-11-12-8/h5-6H,3-4,10H2,1-2H3,(H,11,12). The Balaban J connectivity index is 2.28. The number of aromatic amines is 1. The van der Waals surface area contributed by atoms with Gasteiger partial charge in [0.1, 0.15) is 6.61 Å². The van der Waals surface area contributed by atoms with E-state index in [9.17, 15) is 4.79 Å². The lowest BCUT2D eigenvalue weighted by Crippen LogP contribution is -2.14. The van der Waals surface area contributed by atoms with Crippen LogP contribution in [0.15, 0.2) is 6.20 Å². The molecule has 1 heterocycles. The summed E-state index contributed by atoms with van der Waals surface area (Å²) in [6.45, 7) is 4.40. The second-order valence-electron chi connectivity index (χ2n) is 3.26. The van der Waals surface area contributed by atoms with Crippen LogP contribution < -0.4 is 5.73 Å². The normalized spacial score (nSPS) is 10.6. The van der Waals surface area contributed by atoms with E-state index in [4.69, 9.17) is 15.2 Å². The van der Waals surface area contributed by atoms with E-state index in [1.165, 1.54) is 6.20 Å². The van der Waals surface area contributed by atoms with Gasteiger partial charge in [0, 0.05) is 0 Å². The number of ether oxygens (including phenoxy) is 2. The van der Waals surface area contributed by atoms with Crippen molar-refractivity contribution in [3.05, 3.63) is 11.9 Å². The first kappa shape index (κ1) is 11.5. The van der Waals surface area contributed by atoms with E-state index in [1.807, 2.05) is 13.8 Å². The van der Waals surface area contributed by atoms with Crippen LogP contribution in [-0.2, 0) is 9.47 Å². The van der Waals surface area contributed by atoms with Crippen LogP contribution in [0.1, 0.15) is 24.3 Å². The molecule has 15 heavy (non-hydrogen) atoms. The van der Waals surface area contributed by atoms with E-state index in [0.29, 0.717) is 6.61 Å². The number of hydrogen-bond donors (Lipinski definition) is 2. The first-order valence-electron chi connectivity index (χ1n) is 4.69. The summed E-state index contributed by atoms with van der Waals surface area (Å²) in [5.74, 6) is -0.516. The lowest BCUT2D eigenvalue weighted by molar-refractivity contribution is 0.0173. The number of nitrogens with two attached hydrogens (primary N) is 1. The number of carbonyl (C=O) groups is 1. The van der Waals surface area contributed by atoms with Gasteiger partial charge in [-0.25, -0.2) is 4.79 Å². The van der Waals surface area contributed by atoms with Crippen molar-refractivity contribution in [2.75, 3.05) is 18.9 Å². The third kappa shape index (κ3) is 3.59. The Hall–Kier alpha value is -1.56. The van der Waals surface area contributed by atoms with Gasteiger partial charge in [-0.3, -0.25) is 5.10 Å². The van der Waals surface area contributed by atoms with E-state index >= 15 is 0 Å². The summed E-state index contributed by atoms with van der Waals surface area (Å²) >= 11 is 0. The van der Waals surface area contributed by atoms with E-state index < -0.39 is 5.97 Å². The predicted octanol–water partition coefficient (Wildman–Crippen LogP) is 0.574. The van der Waals surface area contributed by atoms with Gasteiger partial charge in [0.25, 0.3) is 0 Å². The van der Waals surface area contributed by atoms with Gasteiger partial charge in [-0.1, -0.05) is 0 Å². The van der Waals surface area contributed by atoms with Crippen molar-refractivity contribution in [1.82, 2.24) is 10.2 Å². The molecule has 0 spiro atoms. The van der Waals surface area contributed by atoms with Crippen LogP contribution >= 0.6 is 0 Å². The maximum Gasteiger partial charge on any atom is 0.358 e. The highest BCUT2D eigenvalue weighted by Crippen LogP contribution is 2.07. The number of esters is 1. The molecule has 0 saturated carbocycles. The minimum Gasteiger partial charge on any atom is -0.458 e. The highest BCUT2D eigenvalue weighted by Gasteiger charge is 2.12. The number of rotatable bonds is 5. The van der Waals surface area contributed by atoms with E-state index in [0.717, 1.165) is 0 Å². The summed E-state index contributed by atoms with van der Waals surface area (Å²) in [4.78, 5) is 11.3. The summed E-state index contributed by atoms with van der Waals surface area (Å²) in [5, 5.41) is 6.08. The molecule has 0 fully saturated rings. The molecule has 1 rings (SSSR count). The topological polar surface area (TPSA) is 90.2 Å². The van der Waals surface area contributed by atoms with Crippen LogP contribution in [-0.4, -0.2) is 35.5 Å². The van der Waals surface area contributed by atoms with Gasteiger partial charge in [0.2, 0.25) is 0 Å². The molecule has 0 amide bonds. The van der Waals surface area contributed by atoms with Crippen LogP contribution in [0.3, 0.4) is 0 Å². The fourth-order valence-electron chi connectivity index (χ4n) is 0.949. The Morgan fingerprint density at radius 2 is 2.33 bits per heavy atom. The Bertz CT molecular complexity index is 322. The fraction of sp³-hybridized carbons (Fsp3) is 0.556. The second kappa shape index (κ2) is 5.35. The predicted molar refractivity (Wildman–Crippen MR) is 54.4 cm³/mol. The lowest BCUT2D eigenvalue weighted by Gasteiger charge is -2.07. The fourth-order valence-corrected chi connectivity index (χ4v) is 0.949. The monoisotopic (exact) mass is 213 g/mol. The van der Waals surface area contributed by atoms with Crippen molar-refractivity contribution in [3.63, 3.8) is 0 Å². The van der Waals surface area contributed by atoms with Crippen LogP contribution in [0.4, 0.5) is 5.69 Å². The quantitative estimate of drug-likeness (QED) is 0.551. The number of nitrogens with one attached hydrogen (secondary N) is 1. The van der Waals surface area contributed by atoms with Crippen LogP contribution in [0.5, 0.6) is 0 Å². The smallest absolute Gasteiger partial charge is 0.358 e. The van der Waals surface area contributed by atoms with E-state index in [-0.39, 0.29) is 24.1 Å². The van der Waals surface area contributed by atoms with Gasteiger partial charge in [0.15, 0.2) is 5.69 Å². The highest BCUT2D eigenvalue weighted by molar-refractivity contribution is 5.92. The molecule has 0 atom stereocenters. The molecular formula is C9H15N3O3.